The largest absolute Gasteiger partial charge is 0.332 e. The molecule has 0 saturated carbocycles. The van der Waals surface area contributed by atoms with Crippen LogP contribution < -0.4 is 11.2 Å². The van der Waals surface area contributed by atoms with E-state index in [9.17, 15) is 9.59 Å². The molecular formula is C12H17N3O2. The van der Waals surface area contributed by atoms with Crippen molar-refractivity contribution >= 4 is 11.0 Å². The molecule has 0 aromatic carbocycles. The Morgan fingerprint density at radius 3 is 2.41 bits per heavy atom. The van der Waals surface area contributed by atoms with E-state index < -0.39 is 0 Å². The Bertz CT molecular complexity index is 688. The van der Waals surface area contributed by atoms with Gasteiger partial charge >= 0.3 is 5.69 Å². The molecule has 17 heavy (non-hydrogen) atoms. The fourth-order valence-corrected chi connectivity index (χ4v) is 2.27. The molecule has 2 heterocycles. The van der Waals surface area contributed by atoms with Gasteiger partial charge in [-0.25, -0.2) is 4.79 Å². The number of hydrogen-bond donors (Lipinski definition) is 0. The van der Waals surface area contributed by atoms with Gasteiger partial charge < -0.3 is 4.57 Å². The second-order valence-electron chi connectivity index (χ2n) is 4.38. The molecule has 92 valence electrons. The minimum atomic E-state index is -0.280. The van der Waals surface area contributed by atoms with E-state index in [1.54, 1.807) is 11.6 Å². The smallest absolute Gasteiger partial charge is 0.331 e. The molecule has 2 aromatic rings. The summed E-state index contributed by atoms with van der Waals surface area (Å²) in [4.78, 5) is 23.9. The van der Waals surface area contributed by atoms with Gasteiger partial charge in [0.25, 0.3) is 5.56 Å². The van der Waals surface area contributed by atoms with Gasteiger partial charge in [0.15, 0.2) is 0 Å². The summed E-state index contributed by atoms with van der Waals surface area (Å²) in [5, 5.41) is 0.612. The summed E-state index contributed by atoms with van der Waals surface area (Å²) in [6.07, 6.45) is 0.966. The number of aryl methyl sites for hydroxylation is 3. The Morgan fingerprint density at radius 1 is 1.18 bits per heavy atom. The van der Waals surface area contributed by atoms with Crippen LogP contribution in [0.4, 0.5) is 0 Å². The molecule has 0 bridgehead atoms. The van der Waals surface area contributed by atoms with Gasteiger partial charge in [0.05, 0.1) is 5.39 Å². The number of aromatic nitrogens is 3. The molecule has 0 spiro atoms. The van der Waals surface area contributed by atoms with E-state index in [1.807, 2.05) is 17.6 Å². The van der Waals surface area contributed by atoms with Gasteiger partial charge in [-0.2, -0.15) is 0 Å². The first-order valence-electron chi connectivity index (χ1n) is 5.75. The van der Waals surface area contributed by atoms with Crippen LogP contribution in [-0.4, -0.2) is 13.7 Å². The molecule has 0 radical (unpaired) electrons. The standard InChI is InChI=1S/C12H17N3O2/c1-5-6-15-8(2)7-9-10(15)13(3)12(17)14(4)11(9)16/h7H,5-6H2,1-4H3. The van der Waals surface area contributed by atoms with Crippen molar-refractivity contribution in [1.29, 1.82) is 0 Å². The molecule has 2 aromatic heterocycles. The molecular weight excluding hydrogens is 218 g/mol. The van der Waals surface area contributed by atoms with Crippen molar-refractivity contribution in [3.63, 3.8) is 0 Å². The van der Waals surface area contributed by atoms with Crippen molar-refractivity contribution in [2.75, 3.05) is 0 Å². The number of nitrogens with zero attached hydrogens (tertiary/aromatic N) is 3. The van der Waals surface area contributed by atoms with E-state index in [0.29, 0.717) is 5.39 Å². The van der Waals surface area contributed by atoms with Gasteiger partial charge in [-0.15, -0.1) is 0 Å². The zero-order valence-corrected chi connectivity index (χ0v) is 10.6. The van der Waals surface area contributed by atoms with Gasteiger partial charge in [-0.3, -0.25) is 13.9 Å². The Labute approximate surface area is 98.9 Å². The lowest BCUT2D eigenvalue weighted by molar-refractivity contribution is 0.643. The molecule has 0 unspecified atom stereocenters. The normalized spacial score (nSPS) is 11.3. The molecule has 5 heteroatoms. The zero-order valence-electron chi connectivity index (χ0n) is 10.6. The van der Waals surface area contributed by atoms with Crippen LogP contribution in [0.2, 0.25) is 0 Å². The average Bonchev–Trinajstić information content (AvgIpc) is 2.62. The zero-order chi connectivity index (χ0) is 12.7. The molecule has 0 aliphatic rings. The Morgan fingerprint density at radius 2 is 1.82 bits per heavy atom. The van der Waals surface area contributed by atoms with E-state index in [4.69, 9.17) is 0 Å². The van der Waals surface area contributed by atoms with Crippen molar-refractivity contribution in [1.82, 2.24) is 13.7 Å². The van der Waals surface area contributed by atoms with Crippen LogP contribution in [0.1, 0.15) is 19.0 Å². The summed E-state index contributed by atoms with van der Waals surface area (Å²) >= 11 is 0. The molecule has 5 nitrogen and oxygen atoms in total. The van der Waals surface area contributed by atoms with Crippen molar-refractivity contribution in [2.45, 2.75) is 26.8 Å². The third kappa shape index (κ3) is 1.53. The molecule has 0 saturated heterocycles. The fraction of sp³-hybridized carbons (Fsp3) is 0.500. The van der Waals surface area contributed by atoms with E-state index >= 15 is 0 Å². The summed E-state index contributed by atoms with van der Waals surface area (Å²) in [7, 11) is 3.21. The van der Waals surface area contributed by atoms with E-state index in [0.717, 1.165) is 28.9 Å². The summed E-state index contributed by atoms with van der Waals surface area (Å²) in [5.41, 5.74) is 1.23. The summed E-state index contributed by atoms with van der Waals surface area (Å²) in [6.45, 7) is 4.85. The highest BCUT2D eigenvalue weighted by molar-refractivity contribution is 5.76. The monoisotopic (exact) mass is 235 g/mol. The summed E-state index contributed by atoms with van der Waals surface area (Å²) in [5.74, 6) is 0. The molecule has 0 amide bonds. The third-order valence-corrected chi connectivity index (χ3v) is 3.15. The molecule has 0 aliphatic heterocycles. The van der Waals surface area contributed by atoms with Crippen LogP contribution in [0.15, 0.2) is 15.7 Å². The average molecular weight is 235 g/mol. The van der Waals surface area contributed by atoms with Gasteiger partial charge in [0.2, 0.25) is 0 Å². The first-order chi connectivity index (χ1) is 7.99. The maximum absolute atomic E-state index is 12.0. The fourth-order valence-electron chi connectivity index (χ4n) is 2.27. The van der Waals surface area contributed by atoms with Gasteiger partial charge in [-0.05, 0) is 19.4 Å². The molecule has 0 N–H and O–H groups in total. The van der Waals surface area contributed by atoms with Crippen molar-refractivity contribution in [3.8, 4) is 0 Å². The maximum Gasteiger partial charge on any atom is 0.332 e. The Balaban J connectivity index is 3.02. The predicted molar refractivity (Wildman–Crippen MR) is 67.4 cm³/mol. The highest BCUT2D eigenvalue weighted by Gasteiger charge is 2.14. The molecule has 2 rings (SSSR count). The quantitative estimate of drug-likeness (QED) is 0.771. The second kappa shape index (κ2) is 3.91. The molecule has 0 aliphatic carbocycles. The molecule has 0 fully saturated rings. The second-order valence-corrected chi connectivity index (χ2v) is 4.38. The maximum atomic E-state index is 12.0. The lowest BCUT2D eigenvalue weighted by Crippen LogP contribution is -2.37. The first-order valence-corrected chi connectivity index (χ1v) is 5.75. The van der Waals surface area contributed by atoms with Gasteiger partial charge in [-0.1, -0.05) is 6.92 Å². The number of hydrogen-bond acceptors (Lipinski definition) is 2. The van der Waals surface area contributed by atoms with Gasteiger partial charge in [0, 0.05) is 26.3 Å². The van der Waals surface area contributed by atoms with Crippen LogP contribution in [0, 0.1) is 6.92 Å². The van der Waals surface area contributed by atoms with Crippen molar-refractivity contribution < 1.29 is 0 Å². The van der Waals surface area contributed by atoms with Crippen molar-refractivity contribution in [2.24, 2.45) is 14.1 Å². The third-order valence-electron chi connectivity index (χ3n) is 3.15. The Kier molecular flexibility index (Phi) is 2.69. The predicted octanol–water partition coefficient (Wildman–Crippen LogP) is 0.757. The van der Waals surface area contributed by atoms with Gasteiger partial charge in [0.1, 0.15) is 5.65 Å². The molecule has 0 atom stereocenters. The minimum absolute atomic E-state index is 0.221. The summed E-state index contributed by atoms with van der Waals surface area (Å²) in [6, 6.07) is 1.85. The van der Waals surface area contributed by atoms with Crippen LogP contribution in [0.3, 0.4) is 0 Å². The van der Waals surface area contributed by atoms with Crippen molar-refractivity contribution in [3.05, 3.63) is 32.6 Å². The topological polar surface area (TPSA) is 48.9 Å². The lowest BCUT2D eigenvalue weighted by Gasteiger charge is -2.10. The lowest BCUT2D eigenvalue weighted by atomic mass is 10.4. The number of rotatable bonds is 2. The SMILES string of the molecule is CCCn1c(C)cc2c(=O)n(C)c(=O)n(C)c21. The van der Waals surface area contributed by atoms with E-state index in [2.05, 4.69) is 6.92 Å². The number of fused-ring (bicyclic) bond motifs is 1. The Hall–Kier alpha value is -1.78. The highest BCUT2D eigenvalue weighted by Crippen LogP contribution is 2.14. The minimum Gasteiger partial charge on any atom is -0.331 e. The summed E-state index contributed by atoms with van der Waals surface area (Å²) < 4.78 is 4.72. The van der Waals surface area contributed by atoms with Crippen LogP contribution in [0.5, 0.6) is 0 Å². The first kappa shape index (κ1) is 11.7. The van der Waals surface area contributed by atoms with E-state index in [-0.39, 0.29) is 11.2 Å². The van der Waals surface area contributed by atoms with Crippen LogP contribution >= 0.6 is 0 Å². The van der Waals surface area contributed by atoms with Crippen LogP contribution in [-0.2, 0) is 20.6 Å². The van der Waals surface area contributed by atoms with Crippen LogP contribution in [0.25, 0.3) is 11.0 Å². The van der Waals surface area contributed by atoms with E-state index in [1.165, 1.54) is 7.05 Å². The highest BCUT2D eigenvalue weighted by atomic mass is 16.2.